The molecule has 1 amide bonds. The third-order valence-electron chi connectivity index (χ3n) is 3.46. The van der Waals surface area contributed by atoms with E-state index < -0.39 is 0 Å². The van der Waals surface area contributed by atoms with Gasteiger partial charge in [-0.25, -0.2) is 4.98 Å². The first-order valence-corrected chi connectivity index (χ1v) is 7.00. The fourth-order valence-electron chi connectivity index (χ4n) is 2.34. The highest BCUT2D eigenvalue weighted by Crippen LogP contribution is 2.20. The second kappa shape index (κ2) is 4.81. The van der Waals surface area contributed by atoms with Crippen molar-refractivity contribution in [1.82, 2.24) is 14.5 Å². The van der Waals surface area contributed by atoms with Crippen LogP contribution in [0.3, 0.4) is 0 Å². The van der Waals surface area contributed by atoms with Crippen LogP contribution in [0.25, 0.3) is 0 Å². The number of rotatable bonds is 1. The molecule has 0 fully saturated rings. The smallest absolute Gasteiger partial charge is 0.254 e. The lowest BCUT2D eigenvalue weighted by Gasteiger charge is -2.28. The summed E-state index contributed by atoms with van der Waals surface area (Å²) in [6.07, 6.45) is 3.75. The second-order valence-electron chi connectivity index (χ2n) is 4.72. The van der Waals surface area contributed by atoms with E-state index in [1.165, 1.54) is 0 Å². The van der Waals surface area contributed by atoms with Gasteiger partial charge in [-0.3, -0.25) is 4.79 Å². The van der Waals surface area contributed by atoms with E-state index >= 15 is 0 Å². The second-order valence-corrected chi connectivity index (χ2v) is 5.64. The minimum Gasteiger partial charge on any atom is -0.332 e. The number of aromatic nitrogens is 2. The average molecular weight is 320 g/mol. The summed E-state index contributed by atoms with van der Waals surface area (Å²) in [5.74, 6) is 1.03. The van der Waals surface area contributed by atoms with Crippen molar-refractivity contribution >= 4 is 21.8 Å². The molecule has 1 aromatic heterocycles. The first-order valence-electron chi connectivity index (χ1n) is 6.20. The Hall–Kier alpha value is -1.62. The maximum atomic E-state index is 12.6. The van der Waals surface area contributed by atoms with Gasteiger partial charge in [-0.2, -0.15) is 0 Å². The molecule has 1 aliphatic rings. The number of hydrogen-bond donors (Lipinski definition) is 0. The predicted molar refractivity (Wildman–Crippen MR) is 75.8 cm³/mol. The summed E-state index contributed by atoms with van der Waals surface area (Å²) in [5.41, 5.74) is 1.76. The normalized spacial score (nSPS) is 14.3. The Balaban J connectivity index is 1.87. The number of halogens is 1. The molecule has 0 N–H and O–H groups in total. The fraction of sp³-hybridized carbons (Fsp3) is 0.286. The van der Waals surface area contributed by atoms with Crippen LogP contribution >= 0.6 is 15.9 Å². The van der Waals surface area contributed by atoms with Crippen molar-refractivity contribution in [3.8, 4) is 0 Å². The van der Waals surface area contributed by atoms with Gasteiger partial charge in [0.15, 0.2) is 0 Å². The quantitative estimate of drug-likeness (QED) is 0.810. The van der Waals surface area contributed by atoms with Crippen LogP contribution in [0.4, 0.5) is 0 Å². The highest BCUT2D eigenvalue weighted by Gasteiger charge is 2.23. The molecule has 98 valence electrons. The molecule has 0 saturated heterocycles. The van der Waals surface area contributed by atoms with Crippen molar-refractivity contribution in [1.29, 1.82) is 0 Å². The molecule has 3 rings (SSSR count). The number of carbonyl (C=O) groups is 1. The molecule has 0 unspecified atom stereocenters. The van der Waals surface area contributed by atoms with Crippen molar-refractivity contribution in [3.63, 3.8) is 0 Å². The van der Waals surface area contributed by atoms with Gasteiger partial charge in [0.2, 0.25) is 0 Å². The Bertz CT molecular complexity index is 635. The third kappa shape index (κ3) is 2.30. The number of benzene rings is 1. The molecule has 0 saturated carbocycles. The fourth-order valence-corrected chi connectivity index (χ4v) is 2.70. The number of nitrogens with zero attached hydrogens (tertiary/aromatic N) is 3. The number of imidazole rings is 1. The van der Waals surface area contributed by atoms with E-state index in [9.17, 15) is 4.79 Å². The number of carbonyl (C=O) groups excluding carboxylic acids is 1. The van der Waals surface area contributed by atoms with Gasteiger partial charge in [-0.05, 0) is 24.6 Å². The van der Waals surface area contributed by atoms with Gasteiger partial charge < -0.3 is 9.47 Å². The Morgan fingerprint density at radius 3 is 3.05 bits per heavy atom. The number of fused-ring (bicyclic) bond motifs is 1. The molecular weight excluding hydrogens is 306 g/mol. The molecule has 0 radical (unpaired) electrons. The van der Waals surface area contributed by atoms with Crippen molar-refractivity contribution < 1.29 is 4.79 Å². The summed E-state index contributed by atoms with van der Waals surface area (Å²) in [6, 6.07) is 5.80. The van der Waals surface area contributed by atoms with E-state index in [1.54, 1.807) is 6.20 Å². The van der Waals surface area contributed by atoms with Crippen LogP contribution in [0.1, 0.15) is 21.7 Å². The lowest BCUT2D eigenvalue weighted by molar-refractivity contribution is 0.0706. The maximum Gasteiger partial charge on any atom is 0.254 e. The van der Waals surface area contributed by atoms with Gasteiger partial charge >= 0.3 is 0 Å². The zero-order valence-corrected chi connectivity index (χ0v) is 12.2. The first kappa shape index (κ1) is 12.4. The van der Waals surface area contributed by atoms with Crippen LogP contribution in [-0.2, 0) is 13.1 Å². The Kier molecular flexibility index (Phi) is 3.14. The van der Waals surface area contributed by atoms with Crippen LogP contribution in [0.15, 0.2) is 35.1 Å². The van der Waals surface area contributed by atoms with E-state index in [0.717, 1.165) is 34.5 Å². The van der Waals surface area contributed by atoms with Gasteiger partial charge in [-0.1, -0.05) is 22.0 Å². The summed E-state index contributed by atoms with van der Waals surface area (Å²) >= 11 is 3.42. The van der Waals surface area contributed by atoms with E-state index in [4.69, 9.17) is 0 Å². The summed E-state index contributed by atoms with van der Waals surface area (Å²) in [7, 11) is 0. The highest BCUT2D eigenvalue weighted by atomic mass is 79.9. The average Bonchev–Trinajstić information content (AvgIpc) is 2.88. The number of aryl methyl sites for hydroxylation is 1. The predicted octanol–water partition coefficient (Wildman–Crippen LogP) is 2.61. The zero-order chi connectivity index (χ0) is 13.4. The highest BCUT2D eigenvalue weighted by molar-refractivity contribution is 9.10. The molecule has 1 aromatic carbocycles. The third-order valence-corrected chi connectivity index (χ3v) is 3.96. The molecule has 2 heterocycles. The standard InChI is InChI=1S/C14H14BrN3O/c1-10-2-3-11(15)8-12(10)14(19)18-7-6-17-5-4-16-13(17)9-18/h2-5,8H,6-7,9H2,1H3. The lowest BCUT2D eigenvalue weighted by atomic mass is 10.1. The molecule has 1 aliphatic heterocycles. The van der Waals surface area contributed by atoms with Gasteiger partial charge in [0.25, 0.3) is 5.91 Å². The van der Waals surface area contributed by atoms with Gasteiger partial charge in [0.05, 0.1) is 6.54 Å². The van der Waals surface area contributed by atoms with E-state index in [1.807, 2.05) is 36.2 Å². The SMILES string of the molecule is Cc1ccc(Br)cc1C(=O)N1CCn2ccnc2C1. The van der Waals surface area contributed by atoms with Gasteiger partial charge in [-0.15, -0.1) is 0 Å². The van der Waals surface area contributed by atoms with Crippen molar-refractivity contribution in [2.24, 2.45) is 0 Å². The molecule has 5 heteroatoms. The topological polar surface area (TPSA) is 38.1 Å². The van der Waals surface area contributed by atoms with Crippen LogP contribution < -0.4 is 0 Å². The Labute approximate surface area is 120 Å². The van der Waals surface area contributed by atoms with E-state index in [-0.39, 0.29) is 5.91 Å². The summed E-state index contributed by atoms with van der Waals surface area (Å²) < 4.78 is 3.03. The van der Waals surface area contributed by atoms with E-state index in [2.05, 4.69) is 25.5 Å². The van der Waals surface area contributed by atoms with Gasteiger partial charge in [0.1, 0.15) is 5.82 Å². The number of amides is 1. The molecule has 0 atom stereocenters. The van der Waals surface area contributed by atoms with Crippen LogP contribution in [0, 0.1) is 6.92 Å². The van der Waals surface area contributed by atoms with Crippen LogP contribution in [0.2, 0.25) is 0 Å². The minimum atomic E-state index is 0.0769. The summed E-state index contributed by atoms with van der Waals surface area (Å²) in [4.78, 5) is 18.7. The zero-order valence-electron chi connectivity index (χ0n) is 10.6. The van der Waals surface area contributed by atoms with Crippen molar-refractivity contribution in [2.75, 3.05) is 6.54 Å². The first-order chi connectivity index (χ1) is 9.15. The molecule has 19 heavy (non-hydrogen) atoms. The summed E-state index contributed by atoms with van der Waals surface area (Å²) in [5, 5.41) is 0. The molecule has 2 aromatic rings. The molecule has 4 nitrogen and oxygen atoms in total. The Morgan fingerprint density at radius 1 is 1.37 bits per heavy atom. The largest absolute Gasteiger partial charge is 0.332 e. The monoisotopic (exact) mass is 319 g/mol. The van der Waals surface area contributed by atoms with Crippen LogP contribution in [0.5, 0.6) is 0 Å². The lowest BCUT2D eigenvalue weighted by Crippen LogP contribution is -2.38. The Morgan fingerprint density at radius 2 is 2.21 bits per heavy atom. The molecular formula is C14H14BrN3O. The van der Waals surface area contributed by atoms with Crippen molar-refractivity contribution in [3.05, 3.63) is 52.0 Å². The molecule has 0 aliphatic carbocycles. The van der Waals surface area contributed by atoms with Crippen molar-refractivity contribution in [2.45, 2.75) is 20.0 Å². The molecule has 0 bridgehead atoms. The maximum absolute atomic E-state index is 12.6. The number of hydrogen-bond acceptors (Lipinski definition) is 2. The van der Waals surface area contributed by atoms with E-state index in [0.29, 0.717) is 6.54 Å². The summed E-state index contributed by atoms with van der Waals surface area (Å²) in [6.45, 7) is 4.09. The van der Waals surface area contributed by atoms with Crippen LogP contribution in [-0.4, -0.2) is 26.9 Å². The molecule has 0 spiro atoms. The van der Waals surface area contributed by atoms with Gasteiger partial charge in [0, 0.05) is 35.5 Å². The minimum absolute atomic E-state index is 0.0769.